The van der Waals surface area contributed by atoms with Gasteiger partial charge in [0, 0.05) is 0 Å². The van der Waals surface area contributed by atoms with Gasteiger partial charge in [0.15, 0.2) is 0 Å². The number of amides is 1. The zero-order chi connectivity index (χ0) is 20.8. The first-order valence-electron chi connectivity index (χ1n) is 9.20. The number of hydrogen-bond acceptors (Lipinski definition) is 3. The summed E-state index contributed by atoms with van der Waals surface area (Å²) in [7, 11) is 0. The molecule has 1 amide bonds. The van der Waals surface area contributed by atoms with Gasteiger partial charge in [0.2, 0.25) is 5.91 Å². The lowest BCUT2D eigenvalue weighted by atomic mass is 9.89. The second-order valence-electron chi connectivity index (χ2n) is 7.74. The van der Waals surface area contributed by atoms with Crippen LogP contribution in [-0.4, -0.2) is 23.0 Å². The van der Waals surface area contributed by atoms with Gasteiger partial charge in [0.1, 0.15) is 5.82 Å². The molecule has 5 nitrogen and oxygen atoms in total. The minimum Gasteiger partial charge on any atom is -0.481 e. The fourth-order valence-electron chi connectivity index (χ4n) is 3.75. The van der Waals surface area contributed by atoms with Gasteiger partial charge in [-0.15, -0.1) is 0 Å². The molecular weight excluding hydrogens is 380 g/mol. The van der Waals surface area contributed by atoms with Crippen LogP contribution < -0.4 is 11.1 Å². The van der Waals surface area contributed by atoms with E-state index in [2.05, 4.69) is 5.32 Å². The van der Waals surface area contributed by atoms with Gasteiger partial charge in [-0.05, 0) is 68.1 Å². The van der Waals surface area contributed by atoms with E-state index < -0.39 is 52.6 Å². The van der Waals surface area contributed by atoms with E-state index in [4.69, 9.17) is 10.8 Å². The van der Waals surface area contributed by atoms with E-state index in [9.17, 15) is 27.2 Å². The average Bonchev–Trinajstić information content (AvgIpc) is 3.49. The van der Waals surface area contributed by atoms with Gasteiger partial charge in [-0.3, -0.25) is 9.59 Å². The highest BCUT2D eigenvalue weighted by molar-refractivity contribution is 5.95. The second kappa shape index (κ2) is 7.35. The molecule has 0 heterocycles. The van der Waals surface area contributed by atoms with Crippen LogP contribution in [0, 0.1) is 23.6 Å². The van der Waals surface area contributed by atoms with Crippen LogP contribution in [0.25, 0.3) is 0 Å². The molecule has 9 heteroatoms. The summed E-state index contributed by atoms with van der Waals surface area (Å²) in [5.41, 5.74) is 3.40. The van der Waals surface area contributed by atoms with Crippen LogP contribution in [0.4, 0.5) is 23.2 Å². The minimum absolute atomic E-state index is 0.0450. The van der Waals surface area contributed by atoms with Gasteiger partial charge in [-0.25, -0.2) is 4.39 Å². The van der Waals surface area contributed by atoms with Gasteiger partial charge in [0.05, 0.1) is 23.2 Å². The average molecular weight is 402 g/mol. The van der Waals surface area contributed by atoms with E-state index >= 15 is 0 Å². The highest BCUT2D eigenvalue weighted by Gasteiger charge is 2.46. The fourth-order valence-corrected chi connectivity index (χ4v) is 3.75. The molecule has 1 unspecified atom stereocenters. The largest absolute Gasteiger partial charge is 0.481 e. The van der Waals surface area contributed by atoms with Crippen molar-refractivity contribution in [3.63, 3.8) is 0 Å². The van der Waals surface area contributed by atoms with Gasteiger partial charge in [-0.1, -0.05) is 0 Å². The summed E-state index contributed by atoms with van der Waals surface area (Å²) in [6, 6.07) is 0.0337. The summed E-state index contributed by atoms with van der Waals surface area (Å²) in [4.78, 5) is 23.6. The topological polar surface area (TPSA) is 92.4 Å². The predicted molar refractivity (Wildman–Crippen MR) is 93.0 cm³/mol. The fraction of sp³-hybridized carbons (Fsp3) is 0.579. The molecule has 3 rings (SSSR count). The van der Waals surface area contributed by atoms with Crippen molar-refractivity contribution < 1.29 is 32.3 Å². The molecule has 2 atom stereocenters. The molecule has 0 aliphatic heterocycles. The quantitative estimate of drug-likeness (QED) is 0.606. The Morgan fingerprint density at radius 2 is 1.71 bits per heavy atom. The molecule has 0 saturated heterocycles. The maximum Gasteiger partial charge on any atom is 0.416 e. The van der Waals surface area contributed by atoms with Crippen molar-refractivity contribution in [3.8, 4) is 0 Å². The number of nitrogens with one attached hydrogen (secondary N) is 1. The molecule has 154 valence electrons. The summed E-state index contributed by atoms with van der Waals surface area (Å²) in [5, 5.41) is 11.2. The molecule has 2 saturated carbocycles. The Balaban J connectivity index is 1.87. The summed E-state index contributed by atoms with van der Waals surface area (Å²) < 4.78 is 54.5. The molecule has 0 radical (unpaired) electrons. The first kappa shape index (κ1) is 20.6. The first-order chi connectivity index (χ1) is 13.0. The number of anilines is 1. The van der Waals surface area contributed by atoms with Gasteiger partial charge < -0.3 is 16.2 Å². The predicted octanol–water partition coefficient (Wildman–Crippen LogP) is 3.73. The van der Waals surface area contributed by atoms with Crippen molar-refractivity contribution in [2.75, 3.05) is 5.32 Å². The van der Waals surface area contributed by atoms with Crippen LogP contribution in [-0.2, 0) is 15.8 Å². The number of halogens is 4. The van der Waals surface area contributed by atoms with Gasteiger partial charge >= 0.3 is 12.1 Å². The number of hydrogen-bond donors (Lipinski definition) is 3. The first-order valence-corrected chi connectivity index (χ1v) is 9.20. The Bertz CT molecular complexity index is 776. The SMILES string of the molecule is CC(C(=O)O)c1cc(F)c(NC(=O)[C@@H](N)C(C2CC2)C2CC2)cc1C(F)(F)F. The van der Waals surface area contributed by atoms with E-state index in [1.165, 1.54) is 0 Å². The number of aliphatic carboxylic acids is 1. The van der Waals surface area contributed by atoms with Crippen LogP contribution >= 0.6 is 0 Å². The molecule has 0 aromatic heterocycles. The smallest absolute Gasteiger partial charge is 0.416 e. The number of benzene rings is 1. The third-order valence-electron chi connectivity index (χ3n) is 5.59. The number of carbonyl (C=O) groups excluding carboxylic acids is 1. The lowest BCUT2D eigenvalue weighted by molar-refractivity contribution is -0.141. The summed E-state index contributed by atoms with van der Waals surface area (Å²) in [5.74, 6) is -4.31. The van der Waals surface area contributed by atoms with Crippen LogP contribution in [0.3, 0.4) is 0 Å². The molecule has 1 aromatic carbocycles. The second-order valence-corrected chi connectivity index (χ2v) is 7.74. The molecular formula is C19H22F4N2O3. The normalized spacial score (nSPS) is 19.4. The Labute approximate surface area is 159 Å². The Morgan fingerprint density at radius 1 is 1.18 bits per heavy atom. The maximum atomic E-state index is 14.4. The highest BCUT2D eigenvalue weighted by Crippen LogP contribution is 2.50. The van der Waals surface area contributed by atoms with Gasteiger partial charge in [0.25, 0.3) is 0 Å². The zero-order valence-corrected chi connectivity index (χ0v) is 15.2. The lowest BCUT2D eigenvalue weighted by Gasteiger charge is -2.24. The van der Waals surface area contributed by atoms with Crippen molar-refractivity contribution >= 4 is 17.6 Å². The number of carboxylic acids is 1. The summed E-state index contributed by atoms with van der Waals surface area (Å²) in [6.07, 6.45) is -1.03. The van der Waals surface area contributed by atoms with Crippen molar-refractivity contribution in [3.05, 3.63) is 29.1 Å². The van der Waals surface area contributed by atoms with Crippen LogP contribution in [0.15, 0.2) is 12.1 Å². The standard InChI is InChI=1S/C19H22F4N2O3/c1-8(18(27)28)11-6-13(20)14(7-12(11)19(21,22)23)25-17(26)16(24)15(9-2-3-9)10-4-5-10/h6-10,15-16H,2-5,24H2,1H3,(H,25,26)(H,27,28)/t8?,16-/m0/s1. The molecule has 2 aliphatic carbocycles. The van der Waals surface area contributed by atoms with Crippen molar-refractivity contribution in [1.29, 1.82) is 0 Å². The monoisotopic (exact) mass is 402 g/mol. The Morgan fingerprint density at radius 3 is 2.14 bits per heavy atom. The number of alkyl halides is 3. The molecule has 28 heavy (non-hydrogen) atoms. The van der Waals surface area contributed by atoms with E-state index in [0.717, 1.165) is 32.6 Å². The van der Waals surface area contributed by atoms with E-state index in [-0.39, 0.29) is 5.92 Å². The van der Waals surface area contributed by atoms with Crippen LogP contribution in [0.2, 0.25) is 0 Å². The Kier molecular flexibility index (Phi) is 5.40. The van der Waals surface area contributed by atoms with E-state index in [1.807, 2.05) is 0 Å². The zero-order valence-electron chi connectivity index (χ0n) is 15.2. The number of nitrogens with two attached hydrogens (primary N) is 1. The highest BCUT2D eigenvalue weighted by atomic mass is 19.4. The van der Waals surface area contributed by atoms with Crippen molar-refractivity contribution in [2.45, 2.75) is 50.7 Å². The number of carboxylic acid groups (broad SMARTS) is 1. The van der Waals surface area contributed by atoms with Crippen LogP contribution in [0.1, 0.15) is 49.7 Å². The molecule has 1 aromatic rings. The summed E-state index contributed by atoms with van der Waals surface area (Å²) in [6.45, 7) is 1.04. The third kappa shape index (κ3) is 4.29. The number of carbonyl (C=O) groups is 2. The third-order valence-corrected chi connectivity index (χ3v) is 5.59. The molecule has 0 spiro atoms. The lowest BCUT2D eigenvalue weighted by Crippen LogP contribution is -2.44. The molecule has 2 aliphatic rings. The van der Waals surface area contributed by atoms with Crippen molar-refractivity contribution in [1.82, 2.24) is 0 Å². The molecule has 2 fully saturated rings. The molecule has 0 bridgehead atoms. The van der Waals surface area contributed by atoms with Crippen molar-refractivity contribution in [2.24, 2.45) is 23.5 Å². The molecule has 4 N–H and O–H groups in total. The van der Waals surface area contributed by atoms with E-state index in [1.54, 1.807) is 0 Å². The maximum absolute atomic E-state index is 14.4. The van der Waals surface area contributed by atoms with Gasteiger partial charge in [-0.2, -0.15) is 13.2 Å². The van der Waals surface area contributed by atoms with Crippen LogP contribution in [0.5, 0.6) is 0 Å². The minimum atomic E-state index is -4.90. The number of rotatable bonds is 7. The Hall–Kier alpha value is -2.16. The van der Waals surface area contributed by atoms with E-state index in [0.29, 0.717) is 24.0 Å². The summed E-state index contributed by atoms with van der Waals surface area (Å²) >= 11 is 0.